The van der Waals surface area contributed by atoms with Gasteiger partial charge in [0.15, 0.2) is 12.4 Å². The van der Waals surface area contributed by atoms with Gasteiger partial charge in [-0.05, 0) is 46.9 Å². The molecule has 108 valence electrons. The molecule has 0 aliphatic heterocycles. The van der Waals surface area contributed by atoms with Gasteiger partial charge >= 0.3 is 0 Å². The lowest BCUT2D eigenvalue weighted by Gasteiger charge is -2.09. The van der Waals surface area contributed by atoms with E-state index in [0.717, 1.165) is 9.64 Å². The van der Waals surface area contributed by atoms with Crippen molar-refractivity contribution < 1.29 is 18.7 Å². The van der Waals surface area contributed by atoms with E-state index in [-0.39, 0.29) is 23.7 Å². The molecule has 21 heavy (non-hydrogen) atoms. The van der Waals surface area contributed by atoms with Gasteiger partial charge < -0.3 is 10.5 Å². The Morgan fingerprint density at radius 2 is 1.81 bits per heavy atom. The summed E-state index contributed by atoms with van der Waals surface area (Å²) in [6.07, 6.45) is 0. The number of nitrogens with two attached hydrogens (primary N) is 1. The Morgan fingerprint density at radius 3 is 2.43 bits per heavy atom. The molecule has 2 N–H and O–H groups in total. The summed E-state index contributed by atoms with van der Waals surface area (Å²) in [6.45, 7) is -0.301. The van der Waals surface area contributed by atoms with Crippen molar-refractivity contribution in [2.24, 2.45) is 5.73 Å². The average molecular weight is 399 g/mol. The summed E-state index contributed by atoms with van der Waals surface area (Å²) in [7, 11) is 0. The van der Waals surface area contributed by atoms with E-state index >= 15 is 0 Å². The van der Waals surface area contributed by atoms with Crippen LogP contribution in [0, 0.1) is 9.39 Å². The van der Waals surface area contributed by atoms with E-state index in [1.165, 1.54) is 12.1 Å². The van der Waals surface area contributed by atoms with E-state index in [1.54, 1.807) is 24.3 Å². The minimum absolute atomic E-state index is 0.0404. The zero-order chi connectivity index (χ0) is 15.4. The number of amides is 1. The fourth-order valence-electron chi connectivity index (χ4n) is 1.73. The zero-order valence-electron chi connectivity index (χ0n) is 10.8. The number of Topliss-reactive ketones (excluding diaryl/α,β-unsaturated/α-hetero) is 1. The van der Waals surface area contributed by atoms with Gasteiger partial charge in [-0.25, -0.2) is 4.39 Å². The van der Waals surface area contributed by atoms with Crippen molar-refractivity contribution in [3.05, 3.63) is 63.0 Å². The number of hydrogen-bond donors (Lipinski definition) is 1. The fourth-order valence-corrected chi connectivity index (χ4v) is 2.09. The molecule has 4 nitrogen and oxygen atoms in total. The summed E-state index contributed by atoms with van der Waals surface area (Å²) in [5, 5.41) is 0. The van der Waals surface area contributed by atoms with Crippen molar-refractivity contribution in [2.45, 2.75) is 0 Å². The van der Waals surface area contributed by atoms with Gasteiger partial charge in [0.25, 0.3) is 5.91 Å². The maximum atomic E-state index is 13.5. The van der Waals surface area contributed by atoms with Crippen LogP contribution in [0.2, 0.25) is 0 Å². The molecule has 0 radical (unpaired) electrons. The molecular formula is C15H11FINO3. The fraction of sp³-hybridized carbons (Fsp3) is 0.0667. The number of halogens is 2. The van der Waals surface area contributed by atoms with E-state index in [2.05, 4.69) is 22.6 Å². The van der Waals surface area contributed by atoms with Crippen molar-refractivity contribution in [2.75, 3.05) is 6.61 Å². The first-order valence-electron chi connectivity index (χ1n) is 5.99. The number of ether oxygens (including phenoxy) is 1. The molecule has 0 atom stereocenters. The number of carbonyl (C=O) groups is 2. The Morgan fingerprint density at radius 1 is 1.14 bits per heavy atom. The van der Waals surface area contributed by atoms with E-state index in [4.69, 9.17) is 10.5 Å². The van der Waals surface area contributed by atoms with Gasteiger partial charge in [0.2, 0.25) is 0 Å². The van der Waals surface area contributed by atoms with Crippen LogP contribution in [0.3, 0.4) is 0 Å². The van der Waals surface area contributed by atoms with Crippen LogP contribution in [0.4, 0.5) is 4.39 Å². The van der Waals surface area contributed by atoms with Crippen molar-refractivity contribution in [3.63, 3.8) is 0 Å². The van der Waals surface area contributed by atoms with Crippen LogP contribution in [0.1, 0.15) is 20.7 Å². The number of benzene rings is 2. The lowest BCUT2D eigenvalue weighted by atomic mass is 10.1. The van der Waals surface area contributed by atoms with Crippen LogP contribution in [-0.2, 0) is 0 Å². The maximum absolute atomic E-state index is 13.5. The highest BCUT2D eigenvalue weighted by Gasteiger charge is 2.16. The number of carbonyl (C=O) groups excluding carboxylic acids is 2. The molecule has 0 heterocycles. The van der Waals surface area contributed by atoms with Crippen molar-refractivity contribution in [1.29, 1.82) is 0 Å². The van der Waals surface area contributed by atoms with Gasteiger partial charge in [-0.15, -0.1) is 0 Å². The Labute approximate surface area is 134 Å². The molecule has 0 saturated heterocycles. The highest BCUT2D eigenvalue weighted by Crippen LogP contribution is 2.21. The molecular weight excluding hydrogens is 388 g/mol. The first-order chi connectivity index (χ1) is 9.99. The summed E-state index contributed by atoms with van der Waals surface area (Å²) in [5.74, 6) is -2.03. The second kappa shape index (κ2) is 6.66. The number of ketones is 1. The molecule has 0 unspecified atom stereocenters. The highest BCUT2D eigenvalue weighted by molar-refractivity contribution is 14.1. The van der Waals surface area contributed by atoms with E-state index < -0.39 is 11.7 Å². The van der Waals surface area contributed by atoms with Crippen molar-refractivity contribution in [3.8, 4) is 5.75 Å². The number of primary amides is 1. The third-order valence-corrected chi connectivity index (χ3v) is 3.47. The minimum Gasteiger partial charge on any atom is -0.484 e. The standard InChI is InChI=1S/C15H11FINO3/c16-11-2-1-3-13(14(11)15(18)20)21-8-12(19)9-4-6-10(17)7-5-9/h1-7H,8H2,(H2,18,20). The number of hydrogen-bond acceptors (Lipinski definition) is 3. The van der Waals surface area contributed by atoms with Crippen LogP contribution in [0.15, 0.2) is 42.5 Å². The number of rotatable bonds is 5. The quantitative estimate of drug-likeness (QED) is 0.621. The molecule has 2 aromatic rings. The molecule has 0 aliphatic carbocycles. The Kier molecular flexibility index (Phi) is 4.89. The van der Waals surface area contributed by atoms with Crippen LogP contribution < -0.4 is 10.5 Å². The summed E-state index contributed by atoms with van der Waals surface area (Å²) in [6, 6.07) is 10.8. The largest absolute Gasteiger partial charge is 0.484 e. The molecule has 0 fully saturated rings. The third kappa shape index (κ3) is 3.78. The topological polar surface area (TPSA) is 69.4 Å². The lowest BCUT2D eigenvalue weighted by Crippen LogP contribution is -2.18. The third-order valence-electron chi connectivity index (χ3n) is 2.75. The van der Waals surface area contributed by atoms with Crippen molar-refractivity contribution in [1.82, 2.24) is 0 Å². The van der Waals surface area contributed by atoms with Gasteiger partial charge in [0, 0.05) is 9.13 Å². The second-order valence-corrected chi connectivity index (χ2v) is 5.44. The normalized spacial score (nSPS) is 10.2. The van der Waals surface area contributed by atoms with E-state index in [9.17, 15) is 14.0 Å². The van der Waals surface area contributed by atoms with Crippen LogP contribution >= 0.6 is 22.6 Å². The highest BCUT2D eigenvalue weighted by atomic mass is 127. The Bertz CT molecular complexity index is 686. The smallest absolute Gasteiger partial charge is 0.255 e. The zero-order valence-corrected chi connectivity index (χ0v) is 13.0. The Balaban J connectivity index is 2.13. The predicted octanol–water partition coefficient (Wildman–Crippen LogP) is 2.79. The first kappa shape index (κ1) is 15.4. The van der Waals surface area contributed by atoms with E-state index in [0.29, 0.717) is 5.56 Å². The molecule has 0 aliphatic rings. The van der Waals surface area contributed by atoms with Crippen molar-refractivity contribution >= 4 is 34.3 Å². The summed E-state index contributed by atoms with van der Waals surface area (Å²) >= 11 is 2.13. The minimum atomic E-state index is -0.940. The summed E-state index contributed by atoms with van der Waals surface area (Å²) < 4.78 is 19.8. The van der Waals surface area contributed by atoms with Crippen LogP contribution in [-0.4, -0.2) is 18.3 Å². The summed E-state index contributed by atoms with van der Waals surface area (Å²) in [5.41, 5.74) is 5.23. The molecule has 1 amide bonds. The lowest BCUT2D eigenvalue weighted by molar-refractivity contribution is 0.0910. The van der Waals surface area contributed by atoms with Gasteiger partial charge in [0.1, 0.15) is 17.1 Å². The van der Waals surface area contributed by atoms with Crippen LogP contribution in [0.5, 0.6) is 5.75 Å². The van der Waals surface area contributed by atoms with Crippen LogP contribution in [0.25, 0.3) is 0 Å². The van der Waals surface area contributed by atoms with E-state index in [1.807, 2.05) is 0 Å². The SMILES string of the molecule is NC(=O)c1c(F)cccc1OCC(=O)c1ccc(I)cc1. The predicted molar refractivity (Wildman–Crippen MR) is 83.9 cm³/mol. The molecule has 0 bridgehead atoms. The maximum Gasteiger partial charge on any atom is 0.255 e. The molecule has 2 rings (SSSR count). The monoisotopic (exact) mass is 399 g/mol. The second-order valence-electron chi connectivity index (χ2n) is 4.20. The van der Waals surface area contributed by atoms with Gasteiger partial charge in [-0.2, -0.15) is 0 Å². The summed E-state index contributed by atoms with van der Waals surface area (Å²) in [4.78, 5) is 23.2. The van der Waals surface area contributed by atoms with Gasteiger partial charge in [-0.3, -0.25) is 9.59 Å². The molecule has 0 spiro atoms. The Hall–Kier alpha value is -1.96. The molecule has 6 heteroatoms. The molecule has 0 aromatic heterocycles. The van der Waals surface area contributed by atoms with Gasteiger partial charge in [-0.1, -0.05) is 18.2 Å². The molecule has 0 saturated carbocycles. The van der Waals surface area contributed by atoms with Gasteiger partial charge in [0.05, 0.1) is 0 Å². The average Bonchev–Trinajstić information content (AvgIpc) is 2.45. The first-order valence-corrected chi connectivity index (χ1v) is 7.07. The molecule has 2 aromatic carbocycles.